The molecule has 0 saturated carbocycles. The molecule has 27 heavy (non-hydrogen) atoms. The van der Waals surface area contributed by atoms with Gasteiger partial charge in [0.25, 0.3) is 5.91 Å². The number of hydrogen-bond donors (Lipinski definition) is 2. The number of carbonyl (C=O) groups excluding carboxylic acids is 1. The average molecular weight is 395 g/mol. The fourth-order valence-electron chi connectivity index (χ4n) is 2.99. The van der Waals surface area contributed by atoms with Crippen molar-refractivity contribution in [2.24, 2.45) is 0 Å². The molecule has 1 saturated heterocycles. The van der Waals surface area contributed by atoms with E-state index >= 15 is 0 Å². The van der Waals surface area contributed by atoms with Crippen LogP contribution in [0.1, 0.15) is 35.8 Å². The van der Waals surface area contributed by atoms with Crippen LogP contribution in [-0.4, -0.2) is 49.1 Å². The van der Waals surface area contributed by atoms with Gasteiger partial charge in [-0.25, -0.2) is 0 Å². The van der Waals surface area contributed by atoms with Gasteiger partial charge >= 0.3 is 0 Å². The number of aromatic nitrogens is 2. The third-order valence-corrected chi connectivity index (χ3v) is 4.37. The molecule has 0 bridgehead atoms. The van der Waals surface area contributed by atoms with Crippen molar-refractivity contribution in [2.45, 2.75) is 25.3 Å². The minimum atomic E-state index is -0.236. The van der Waals surface area contributed by atoms with Crippen LogP contribution in [0, 0.1) is 0 Å². The van der Waals surface area contributed by atoms with E-state index < -0.39 is 0 Å². The Bertz CT molecular complexity index is 716. The number of ether oxygens (including phenoxy) is 2. The van der Waals surface area contributed by atoms with E-state index in [9.17, 15) is 4.79 Å². The number of anilines is 1. The quantitative estimate of drug-likeness (QED) is 0.673. The first-order valence-electron chi connectivity index (χ1n) is 9.06. The monoisotopic (exact) mass is 394 g/mol. The van der Waals surface area contributed by atoms with Crippen molar-refractivity contribution in [3.63, 3.8) is 0 Å². The van der Waals surface area contributed by atoms with Crippen LogP contribution in [-0.2, 0) is 4.74 Å². The van der Waals surface area contributed by atoms with Crippen molar-refractivity contribution in [1.82, 2.24) is 15.1 Å². The summed E-state index contributed by atoms with van der Waals surface area (Å²) in [5, 5.41) is 10.7. The van der Waals surface area contributed by atoms with Gasteiger partial charge in [-0.3, -0.25) is 9.48 Å². The molecule has 2 aromatic rings. The van der Waals surface area contributed by atoms with Crippen LogP contribution in [0.5, 0.6) is 5.75 Å². The highest BCUT2D eigenvalue weighted by molar-refractivity contribution is 6.03. The minimum absolute atomic E-state index is 0. The largest absolute Gasteiger partial charge is 0.491 e. The van der Waals surface area contributed by atoms with Gasteiger partial charge in [-0.05, 0) is 37.6 Å². The van der Waals surface area contributed by atoms with E-state index in [0.717, 1.165) is 32.4 Å². The van der Waals surface area contributed by atoms with Crippen molar-refractivity contribution < 1.29 is 14.3 Å². The molecule has 8 heteroatoms. The van der Waals surface area contributed by atoms with Gasteiger partial charge in [-0.15, -0.1) is 12.4 Å². The number of benzene rings is 1. The Morgan fingerprint density at radius 1 is 1.33 bits per heavy atom. The van der Waals surface area contributed by atoms with Crippen molar-refractivity contribution in [3.8, 4) is 5.75 Å². The summed E-state index contributed by atoms with van der Waals surface area (Å²) in [7, 11) is 1.66. The molecule has 0 spiro atoms. The van der Waals surface area contributed by atoms with Crippen molar-refractivity contribution in [1.29, 1.82) is 0 Å². The summed E-state index contributed by atoms with van der Waals surface area (Å²) in [5.74, 6) is 0.410. The van der Waals surface area contributed by atoms with E-state index in [4.69, 9.17) is 9.47 Å². The Labute approximate surface area is 165 Å². The van der Waals surface area contributed by atoms with Gasteiger partial charge in [-0.1, -0.05) is 12.1 Å². The zero-order valence-electron chi connectivity index (χ0n) is 15.5. The van der Waals surface area contributed by atoms with Crippen LogP contribution < -0.4 is 15.4 Å². The summed E-state index contributed by atoms with van der Waals surface area (Å²) in [6.07, 6.45) is 4.87. The standard InChI is InChI=1S/C19H26N4O3.ClH/c1-25-12-5-13-26-18-8-3-2-7-16(18)21-19(24)17-9-11-23(22-17)15-6-4-10-20-14-15;/h2-3,7-9,11,15,20H,4-6,10,12-14H2,1H3,(H,21,24);1H. The first-order valence-corrected chi connectivity index (χ1v) is 9.06. The summed E-state index contributed by atoms with van der Waals surface area (Å²) in [6, 6.07) is 9.48. The van der Waals surface area contributed by atoms with Gasteiger partial charge in [0.15, 0.2) is 5.69 Å². The van der Waals surface area contributed by atoms with Gasteiger partial charge in [0, 0.05) is 32.9 Å². The lowest BCUT2D eigenvalue weighted by Gasteiger charge is -2.22. The highest BCUT2D eigenvalue weighted by Gasteiger charge is 2.18. The first-order chi connectivity index (χ1) is 12.8. The molecular weight excluding hydrogens is 368 g/mol. The number of methoxy groups -OCH3 is 1. The molecule has 1 aliphatic heterocycles. The van der Waals surface area contributed by atoms with E-state index in [0.29, 0.717) is 36.4 Å². The fraction of sp³-hybridized carbons (Fsp3) is 0.474. The average Bonchev–Trinajstić information content (AvgIpc) is 3.17. The fourth-order valence-corrected chi connectivity index (χ4v) is 2.99. The van der Waals surface area contributed by atoms with Gasteiger partial charge in [-0.2, -0.15) is 5.10 Å². The molecule has 1 aliphatic rings. The number of hydrogen-bond acceptors (Lipinski definition) is 5. The smallest absolute Gasteiger partial charge is 0.276 e. The number of rotatable bonds is 8. The SMILES string of the molecule is COCCCOc1ccccc1NC(=O)c1ccn(C2CCCNC2)n1.Cl. The summed E-state index contributed by atoms with van der Waals surface area (Å²) >= 11 is 0. The molecule has 1 aromatic carbocycles. The Morgan fingerprint density at radius 2 is 2.19 bits per heavy atom. The van der Waals surface area contributed by atoms with Crippen molar-refractivity contribution >= 4 is 24.0 Å². The highest BCUT2D eigenvalue weighted by Crippen LogP contribution is 2.24. The number of nitrogens with zero attached hydrogens (tertiary/aromatic N) is 2. The first kappa shape index (κ1) is 21.2. The van der Waals surface area contributed by atoms with E-state index in [1.807, 2.05) is 35.1 Å². The van der Waals surface area contributed by atoms with E-state index in [1.54, 1.807) is 13.2 Å². The maximum absolute atomic E-state index is 12.6. The lowest BCUT2D eigenvalue weighted by Crippen LogP contribution is -2.32. The number of carbonyl (C=O) groups is 1. The summed E-state index contributed by atoms with van der Waals surface area (Å²) in [4.78, 5) is 12.6. The van der Waals surface area contributed by atoms with E-state index in [1.165, 1.54) is 0 Å². The summed E-state index contributed by atoms with van der Waals surface area (Å²) < 4.78 is 12.7. The number of para-hydroxylation sites is 2. The van der Waals surface area contributed by atoms with Crippen LogP contribution in [0.4, 0.5) is 5.69 Å². The van der Waals surface area contributed by atoms with E-state index in [2.05, 4.69) is 15.7 Å². The zero-order valence-corrected chi connectivity index (χ0v) is 16.3. The number of piperidine rings is 1. The van der Waals surface area contributed by atoms with Gasteiger partial charge in [0.2, 0.25) is 0 Å². The second kappa shape index (κ2) is 10.9. The molecule has 7 nitrogen and oxygen atoms in total. The maximum atomic E-state index is 12.6. The number of amides is 1. The molecule has 2 N–H and O–H groups in total. The minimum Gasteiger partial charge on any atom is -0.491 e. The molecule has 3 rings (SSSR count). The van der Waals surface area contributed by atoms with Crippen LogP contribution in [0.3, 0.4) is 0 Å². The molecule has 1 aromatic heterocycles. The predicted molar refractivity (Wildman–Crippen MR) is 107 cm³/mol. The second-order valence-corrected chi connectivity index (χ2v) is 6.33. The topological polar surface area (TPSA) is 77.4 Å². The molecule has 1 unspecified atom stereocenters. The van der Waals surface area contributed by atoms with Gasteiger partial charge in [0.1, 0.15) is 5.75 Å². The van der Waals surface area contributed by atoms with Gasteiger partial charge < -0.3 is 20.1 Å². The Morgan fingerprint density at radius 3 is 2.96 bits per heavy atom. The molecular formula is C19H27ClN4O3. The summed E-state index contributed by atoms with van der Waals surface area (Å²) in [6.45, 7) is 3.11. The molecule has 1 fully saturated rings. The zero-order chi connectivity index (χ0) is 18.2. The molecule has 0 aliphatic carbocycles. The van der Waals surface area contributed by atoms with Crippen molar-refractivity contribution in [2.75, 3.05) is 38.7 Å². The molecule has 148 valence electrons. The third kappa shape index (κ3) is 5.95. The molecule has 2 heterocycles. The lowest BCUT2D eigenvalue weighted by molar-refractivity contribution is 0.102. The number of halogens is 1. The lowest BCUT2D eigenvalue weighted by atomic mass is 10.1. The maximum Gasteiger partial charge on any atom is 0.276 e. The van der Waals surface area contributed by atoms with Crippen LogP contribution >= 0.6 is 12.4 Å². The van der Waals surface area contributed by atoms with Crippen LogP contribution in [0.25, 0.3) is 0 Å². The summed E-state index contributed by atoms with van der Waals surface area (Å²) in [5.41, 5.74) is 1.05. The highest BCUT2D eigenvalue weighted by atomic mass is 35.5. The normalized spacial score (nSPS) is 16.4. The Hall–Kier alpha value is -2.09. The van der Waals surface area contributed by atoms with Crippen molar-refractivity contribution in [3.05, 3.63) is 42.2 Å². The van der Waals surface area contributed by atoms with Gasteiger partial charge in [0.05, 0.1) is 18.3 Å². The predicted octanol–water partition coefficient (Wildman–Crippen LogP) is 2.90. The molecule has 1 atom stereocenters. The van der Waals surface area contributed by atoms with Crippen LogP contribution in [0.2, 0.25) is 0 Å². The van der Waals surface area contributed by atoms with E-state index in [-0.39, 0.29) is 18.3 Å². The Kier molecular flexibility index (Phi) is 8.57. The molecule has 1 amide bonds. The number of nitrogens with one attached hydrogen (secondary N) is 2. The Balaban J connectivity index is 0.00000261. The third-order valence-electron chi connectivity index (χ3n) is 4.37. The second-order valence-electron chi connectivity index (χ2n) is 6.33. The molecule has 0 radical (unpaired) electrons. The van der Waals surface area contributed by atoms with Crippen LogP contribution in [0.15, 0.2) is 36.5 Å².